The van der Waals surface area contributed by atoms with Crippen molar-refractivity contribution in [2.45, 2.75) is 31.0 Å². The van der Waals surface area contributed by atoms with Gasteiger partial charge in [0.15, 0.2) is 18.0 Å². The molecule has 0 saturated carbocycles. The molecule has 3 heterocycles. The van der Waals surface area contributed by atoms with Crippen LogP contribution >= 0.6 is 0 Å². The van der Waals surface area contributed by atoms with Crippen LogP contribution in [0.3, 0.4) is 0 Å². The summed E-state index contributed by atoms with van der Waals surface area (Å²) in [5, 5.41) is 16.7. The highest BCUT2D eigenvalue weighted by Gasteiger charge is 2.40. The molecule has 1 aromatic heterocycles. The van der Waals surface area contributed by atoms with Gasteiger partial charge in [-0.15, -0.1) is 0 Å². The molecule has 0 spiro atoms. The molecule has 0 bridgehead atoms. The number of aliphatic hydroxyl groups is 1. The zero-order valence-corrected chi connectivity index (χ0v) is 21.0. The zero-order valence-electron chi connectivity index (χ0n) is 21.0. The minimum Gasteiger partial charge on any atom is -0.380 e. The van der Waals surface area contributed by atoms with Crippen molar-refractivity contribution in [3.05, 3.63) is 64.6 Å². The Balaban J connectivity index is 1.20. The van der Waals surface area contributed by atoms with Gasteiger partial charge in [0.2, 0.25) is 0 Å². The van der Waals surface area contributed by atoms with Gasteiger partial charge in [-0.2, -0.15) is 0 Å². The number of hydrogen-bond donors (Lipinski definition) is 3. The Bertz CT molecular complexity index is 1450. The molecule has 40 heavy (non-hydrogen) atoms. The summed E-state index contributed by atoms with van der Waals surface area (Å²) in [5.74, 6) is -5.15. The van der Waals surface area contributed by atoms with E-state index in [0.717, 1.165) is 0 Å². The number of morpholine rings is 1. The smallest absolute Gasteiger partial charge is 0.380 e. The van der Waals surface area contributed by atoms with Crippen LogP contribution in [-0.4, -0.2) is 82.2 Å². The second-order valence-corrected chi connectivity index (χ2v) is 9.43. The molecule has 2 aliphatic heterocycles. The molecule has 0 radical (unpaired) electrons. The lowest BCUT2D eigenvalue weighted by Crippen LogP contribution is -2.55. The lowest BCUT2D eigenvalue weighted by Gasteiger charge is -2.34. The molecule has 2 atom stereocenters. The van der Waals surface area contributed by atoms with E-state index in [-0.39, 0.29) is 50.8 Å². The first-order chi connectivity index (χ1) is 19.1. The Hall–Kier alpha value is -4.43. The summed E-state index contributed by atoms with van der Waals surface area (Å²) in [5.41, 5.74) is 1.56. The van der Waals surface area contributed by atoms with E-state index in [9.17, 15) is 33.1 Å². The second-order valence-electron chi connectivity index (χ2n) is 9.43. The number of benzene rings is 2. The van der Waals surface area contributed by atoms with Crippen molar-refractivity contribution in [2.24, 2.45) is 0 Å². The summed E-state index contributed by atoms with van der Waals surface area (Å²) in [4.78, 5) is 54.7. The highest BCUT2D eigenvalue weighted by atomic mass is 19.3. The molecule has 0 aliphatic carbocycles. The van der Waals surface area contributed by atoms with Gasteiger partial charge in [-0.25, -0.2) is 13.6 Å². The first-order valence-corrected chi connectivity index (χ1v) is 12.5. The van der Waals surface area contributed by atoms with Gasteiger partial charge in [0.05, 0.1) is 6.61 Å². The molecule has 5 rings (SSSR count). The van der Waals surface area contributed by atoms with Crippen molar-refractivity contribution in [1.82, 2.24) is 15.0 Å². The Morgan fingerprint density at radius 1 is 1.05 bits per heavy atom. The van der Waals surface area contributed by atoms with Gasteiger partial charge in [0, 0.05) is 55.0 Å². The Labute approximate surface area is 225 Å². The second kappa shape index (κ2) is 11.0. The van der Waals surface area contributed by atoms with Crippen molar-refractivity contribution >= 4 is 29.1 Å². The number of H-pyrrole nitrogens is 1. The largest absolute Gasteiger partial charge is 0.439 e. The normalized spacial score (nSPS) is 19.8. The van der Waals surface area contributed by atoms with Crippen molar-refractivity contribution in [3.8, 4) is 11.4 Å². The number of carbonyl (C=O) groups is 3. The molecule has 2 saturated heterocycles. The lowest BCUT2D eigenvalue weighted by molar-refractivity contribution is -0.150. The third-order valence-corrected chi connectivity index (χ3v) is 6.75. The third-order valence-electron chi connectivity index (χ3n) is 6.75. The predicted molar refractivity (Wildman–Crippen MR) is 136 cm³/mol. The van der Waals surface area contributed by atoms with Crippen LogP contribution in [0.1, 0.15) is 23.2 Å². The Morgan fingerprint density at radius 2 is 1.73 bits per heavy atom. The van der Waals surface area contributed by atoms with Crippen LogP contribution in [0.15, 0.2) is 57.8 Å². The van der Waals surface area contributed by atoms with Gasteiger partial charge in [-0.1, -0.05) is 5.16 Å². The number of nitrogens with one attached hydrogen (secondary N) is 2. The molecule has 12 nitrogen and oxygen atoms in total. The zero-order chi connectivity index (χ0) is 28.4. The standard InChI is InChI=1S/C26H25F2N5O7/c27-26(28)9-11-32(12-10-26)23(36)16-3-7-18(8-4-16)33-13-14-39-20(24(33)37)19(34)22(35)29-17-5-1-15(2-6-17)21-30-25(38)40-31-21/h1-8,19-20,34H,9-14H2,(H,29,35)(H,30,31,38)/t19-,20-/m1/s1. The van der Waals surface area contributed by atoms with Crippen LogP contribution in [0.2, 0.25) is 0 Å². The van der Waals surface area contributed by atoms with Gasteiger partial charge in [-0.3, -0.25) is 23.9 Å². The lowest BCUT2D eigenvalue weighted by atomic mass is 10.0. The molecule has 3 amide bonds. The number of hydrogen-bond acceptors (Lipinski definition) is 8. The van der Waals surface area contributed by atoms with Gasteiger partial charge < -0.3 is 25.0 Å². The van der Waals surface area contributed by atoms with Crippen molar-refractivity contribution in [1.29, 1.82) is 0 Å². The topological polar surface area (TPSA) is 158 Å². The van der Waals surface area contributed by atoms with Gasteiger partial charge >= 0.3 is 5.76 Å². The van der Waals surface area contributed by atoms with Crippen LogP contribution in [0.4, 0.5) is 20.2 Å². The van der Waals surface area contributed by atoms with Gasteiger partial charge in [0.25, 0.3) is 23.6 Å². The van der Waals surface area contributed by atoms with Crippen molar-refractivity contribution in [3.63, 3.8) is 0 Å². The van der Waals surface area contributed by atoms with E-state index in [2.05, 4.69) is 20.0 Å². The molecule has 0 unspecified atom stereocenters. The highest BCUT2D eigenvalue weighted by Crippen LogP contribution is 2.29. The molecule has 2 aliphatic rings. The molecular weight excluding hydrogens is 532 g/mol. The van der Waals surface area contributed by atoms with Gasteiger partial charge in [-0.05, 0) is 48.5 Å². The number of rotatable bonds is 6. The SMILES string of the molecule is O=C(Nc1ccc(-c2noc(=O)[nH]2)cc1)[C@H](O)[C@H]1OCCN(c2ccc(C(=O)N3CCC(F)(F)CC3)cc2)C1=O. The maximum Gasteiger partial charge on any atom is 0.439 e. The Morgan fingerprint density at radius 3 is 2.35 bits per heavy atom. The number of amides is 3. The van der Waals surface area contributed by atoms with Gasteiger partial charge in [0.1, 0.15) is 0 Å². The number of ether oxygens (including phenoxy) is 1. The maximum absolute atomic E-state index is 13.4. The van der Waals surface area contributed by atoms with Crippen LogP contribution < -0.4 is 16.0 Å². The van der Waals surface area contributed by atoms with E-state index in [4.69, 9.17) is 4.74 Å². The molecule has 2 aromatic carbocycles. The van der Waals surface area contributed by atoms with E-state index in [1.807, 2.05) is 0 Å². The number of aromatic amines is 1. The number of carbonyl (C=O) groups excluding carboxylic acids is 3. The monoisotopic (exact) mass is 557 g/mol. The average Bonchev–Trinajstić information content (AvgIpc) is 3.39. The molecule has 14 heteroatoms. The number of halogens is 2. The van der Waals surface area contributed by atoms with Crippen LogP contribution in [0.25, 0.3) is 11.4 Å². The summed E-state index contributed by atoms with van der Waals surface area (Å²) in [6, 6.07) is 12.3. The van der Waals surface area contributed by atoms with Crippen LogP contribution in [0, 0.1) is 0 Å². The molecule has 3 aromatic rings. The minimum absolute atomic E-state index is 0.0379. The van der Waals surface area contributed by atoms with E-state index in [1.165, 1.54) is 34.1 Å². The average molecular weight is 558 g/mol. The molecule has 210 valence electrons. The maximum atomic E-state index is 13.4. The summed E-state index contributed by atoms with van der Waals surface area (Å²) < 4.78 is 36.7. The number of aromatic nitrogens is 2. The van der Waals surface area contributed by atoms with Crippen LogP contribution in [0.5, 0.6) is 0 Å². The number of aliphatic hydroxyl groups excluding tert-OH is 1. The summed E-state index contributed by atoms with van der Waals surface area (Å²) in [6.07, 6.45) is -4.05. The fourth-order valence-corrected chi connectivity index (χ4v) is 4.51. The van der Waals surface area contributed by atoms with E-state index >= 15 is 0 Å². The van der Waals surface area contributed by atoms with E-state index in [1.54, 1.807) is 24.3 Å². The summed E-state index contributed by atoms with van der Waals surface area (Å²) in [6.45, 7) is 0.130. The van der Waals surface area contributed by atoms with Crippen molar-refractivity contribution in [2.75, 3.05) is 36.5 Å². The van der Waals surface area contributed by atoms with Crippen LogP contribution in [-0.2, 0) is 14.3 Å². The highest BCUT2D eigenvalue weighted by molar-refractivity contribution is 6.04. The number of nitrogens with zero attached hydrogens (tertiary/aromatic N) is 3. The van der Waals surface area contributed by atoms with E-state index in [0.29, 0.717) is 22.5 Å². The number of alkyl halides is 2. The molecular formula is C26H25F2N5O7. The summed E-state index contributed by atoms with van der Waals surface area (Å²) >= 11 is 0. The predicted octanol–water partition coefficient (Wildman–Crippen LogP) is 1.63. The minimum atomic E-state index is -2.76. The summed E-state index contributed by atoms with van der Waals surface area (Å²) in [7, 11) is 0. The number of anilines is 2. The Kier molecular flexibility index (Phi) is 7.45. The van der Waals surface area contributed by atoms with E-state index < -0.39 is 35.7 Å². The third kappa shape index (κ3) is 5.77. The fraction of sp³-hybridized carbons (Fsp3) is 0.346. The van der Waals surface area contributed by atoms with Crippen molar-refractivity contribution < 1.29 is 37.5 Å². The number of piperidine rings is 1. The quantitative estimate of drug-likeness (QED) is 0.413. The fourth-order valence-electron chi connectivity index (χ4n) is 4.51. The first-order valence-electron chi connectivity index (χ1n) is 12.5. The first kappa shape index (κ1) is 27.1. The molecule has 2 fully saturated rings. The number of likely N-dealkylation sites (tertiary alicyclic amines) is 1. The molecule has 3 N–H and O–H groups in total.